The highest BCUT2D eigenvalue weighted by Gasteiger charge is 2.24. The van der Waals surface area contributed by atoms with Crippen LogP contribution in [0.5, 0.6) is 0 Å². The summed E-state index contributed by atoms with van der Waals surface area (Å²) in [6.07, 6.45) is 9.45. The SMILES string of the molecule is CCC(C)C(N)c1nncn1C1CCCCC1. The zero-order chi connectivity index (χ0) is 12.3. The minimum Gasteiger partial charge on any atom is -0.321 e. The summed E-state index contributed by atoms with van der Waals surface area (Å²) in [5.74, 6) is 1.44. The Bertz CT molecular complexity index is 324. The summed E-state index contributed by atoms with van der Waals surface area (Å²) < 4.78 is 2.23. The number of nitrogens with zero attached hydrogens (tertiary/aromatic N) is 3. The molecule has 1 saturated carbocycles. The topological polar surface area (TPSA) is 56.7 Å². The Balaban J connectivity index is 2.15. The molecule has 1 heterocycles. The third-order valence-corrected chi connectivity index (χ3v) is 4.12. The predicted octanol–water partition coefficient (Wildman–Crippen LogP) is 2.83. The molecular formula is C13H24N4. The fraction of sp³-hybridized carbons (Fsp3) is 0.846. The van der Waals surface area contributed by atoms with Gasteiger partial charge in [0.25, 0.3) is 0 Å². The minimum atomic E-state index is 0.0180. The number of hydrogen-bond donors (Lipinski definition) is 1. The van der Waals surface area contributed by atoms with Crippen molar-refractivity contribution in [2.24, 2.45) is 11.7 Å². The molecule has 2 atom stereocenters. The second-order valence-electron chi connectivity index (χ2n) is 5.30. The van der Waals surface area contributed by atoms with E-state index in [1.807, 2.05) is 6.33 Å². The molecule has 2 rings (SSSR count). The summed E-state index contributed by atoms with van der Waals surface area (Å²) in [6.45, 7) is 4.36. The fourth-order valence-electron chi connectivity index (χ4n) is 2.64. The van der Waals surface area contributed by atoms with E-state index in [0.29, 0.717) is 12.0 Å². The van der Waals surface area contributed by atoms with Gasteiger partial charge in [0.05, 0.1) is 6.04 Å². The first-order valence-electron chi connectivity index (χ1n) is 6.89. The quantitative estimate of drug-likeness (QED) is 0.874. The van der Waals surface area contributed by atoms with E-state index in [1.54, 1.807) is 0 Å². The molecular weight excluding hydrogens is 212 g/mol. The Labute approximate surface area is 104 Å². The van der Waals surface area contributed by atoms with E-state index in [-0.39, 0.29) is 6.04 Å². The molecule has 2 N–H and O–H groups in total. The third kappa shape index (κ3) is 2.68. The molecule has 1 aromatic heterocycles. The summed E-state index contributed by atoms with van der Waals surface area (Å²) in [6, 6.07) is 0.591. The maximum absolute atomic E-state index is 6.28. The Morgan fingerprint density at radius 2 is 2.12 bits per heavy atom. The first-order valence-corrected chi connectivity index (χ1v) is 6.89. The van der Waals surface area contributed by atoms with Gasteiger partial charge in [0.2, 0.25) is 0 Å². The molecule has 0 aliphatic heterocycles. The molecule has 96 valence electrons. The molecule has 0 aromatic carbocycles. The van der Waals surface area contributed by atoms with Crippen molar-refractivity contribution < 1.29 is 0 Å². The van der Waals surface area contributed by atoms with Gasteiger partial charge in [0, 0.05) is 6.04 Å². The minimum absolute atomic E-state index is 0.0180. The van der Waals surface area contributed by atoms with Crippen molar-refractivity contribution in [1.29, 1.82) is 0 Å². The zero-order valence-electron chi connectivity index (χ0n) is 11.0. The molecule has 4 nitrogen and oxygen atoms in total. The average molecular weight is 236 g/mol. The summed E-state index contributed by atoms with van der Waals surface area (Å²) >= 11 is 0. The van der Waals surface area contributed by atoms with Crippen molar-refractivity contribution in [2.45, 2.75) is 64.5 Å². The smallest absolute Gasteiger partial charge is 0.150 e. The van der Waals surface area contributed by atoms with E-state index in [0.717, 1.165) is 12.2 Å². The van der Waals surface area contributed by atoms with Crippen LogP contribution in [0.15, 0.2) is 6.33 Å². The summed E-state index contributed by atoms with van der Waals surface area (Å²) in [5.41, 5.74) is 6.28. The van der Waals surface area contributed by atoms with Crippen molar-refractivity contribution in [1.82, 2.24) is 14.8 Å². The Hall–Kier alpha value is -0.900. The van der Waals surface area contributed by atoms with Gasteiger partial charge in [-0.2, -0.15) is 0 Å². The monoisotopic (exact) mass is 236 g/mol. The van der Waals surface area contributed by atoms with Gasteiger partial charge in [0.1, 0.15) is 12.2 Å². The molecule has 17 heavy (non-hydrogen) atoms. The molecule has 0 amide bonds. The highest BCUT2D eigenvalue weighted by atomic mass is 15.3. The zero-order valence-corrected chi connectivity index (χ0v) is 11.0. The van der Waals surface area contributed by atoms with Gasteiger partial charge in [-0.25, -0.2) is 0 Å². The van der Waals surface area contributed by atoms with Gasteiger partial charge < -0.3 is 10.3 Å². The number of rotatable bonds is 4. The molecule has 2 unspecified atom stereocenters. The van der Waals surface area contributed by atoms with Crippen LogP contribution < -0.4 is 5.73 Å². The van der Waals surface area contributed by atoms with Crippen molar-refractivity contribution in [3.63, 3.8) is 0 Å². The van der Waals surface area contributed by atoms with Crippen molar-refractivity contribution >= 4 is 0 Å². The molecule has 0 bridgehead atoms. The molecule has 4 heteroatoms. The molecule has 1 aliphatic rings. The normalized spacial score (nSPS) is 21.4. The van der Waals surface area contributed by atoms with Crippen molar-refractivity contribution in [2.75, 3.05) is 0 Å². The van der Waals surface area contributed by atoms with Crippen LogP contribution in [0.2, 0.25) is 0 Å². The number of hydrogen-bond acceptors (Lipinski definition) is 3. The van der Waals surface area contributed by atoms with Gasteiger partial charge in [0.15, 0.2) is 0 Å². The first-order chi connectivity index (χ1) is 8.24. The van der Waals surface area contributed by atoms with E-state index >= 15 is 0 Å². The largest absolute Gasteiger partial charge is 0.321 e. The average Bonchev–Trinajstić information content (AvgIpc) is 2.87. The molecule has 0 radical (unpaired) electrons. The molecule has 0 spiro atoms. The first kappa shape index (κ1) is 12.6. The summed E-state index contributed by atoms with van der Waals surface area (Å²) in [4.78, 5) is 0. The van der Waals surface area contributed by atoms with Crippen LogP contribution in [0, 0.1) is 5.92 Å². The number of aromatic nitrogens is 3. The highest BCUT2D eigenvalue weighted by Crippen LogP contribution is 2.31. The van der Waals surface area contributed by atoms with Crippen LogP contribution in [0.3, 0.4) is 0 Å². The Morgan fingerprint density at radius 1 is 1.41 bits per heavy atom. The van der Waals surface area contributed by atoms with Crippen LogP contribution in [0.25, 0.3) is 0 Å². The second kappa shape index (κ2) is 5.63. The Morgan fingerprint density at radius 3 is 2.76 bits per heavy atom. The predicted molar refractivity (Wildman–Crippen MR) is 68.5 cm³/mol. The second-order valence-corrected chi connectivity index (χ2v) is 5.30. The van der Waals surface area contributed by atoms with Crippen molar-refractivity contribution in [3.05, 3.63) is 12.2 Å². The maximum Gasteiger partial charge on any atom is 0.150 e. The standard InChI is InChI=1S/C13H24N4/c1-3-10(2)12(14)13-16-15-9-17(13)11-7-5-4-6-8-11/h9-12H,3-8,14H2,1-2H3. The van der Waals surface area contributed by atoms with E-state index < -0.39 is 0 Å². The van der Waals surface area contributed by atoms with Gasteiger partial charge >= 0.3 is 0 Å². The highest BCUT2D eigenvalue weighted by molar-refractivity contribution is 4.98. The fourth-order valence-corrected chi connectivity index (χ4v) is 2.64. The van der Waals surface area contributed by atoms with Gasteiger partial charge in [-0.15, -0.1) is 10.2 Å². The lowest BCUT2D eigenvalue weighted by Crippen LogP contribution is -2.25. The third-order valence-electron chi connectivity index (χ3n) is 4.12. The van der Waals surface area contributed by atoms with Crippen LogP contribution >= 0.6 is 0 Å². The summed E-state index contributed by atoms with van der Waals surface area (Å²) in [7, 11) is 0. The van der Waals surface area contributed by atoms with Crippen LogP contribution in [0.1, 0.15) is 70.3 Å². The summed E-state index contributed by atoms with van der Waals surface area (Å²) in [5, 5.41) is 8.32. The molecule has 0 saturated heterocycles. The molecule has 1 aromatic rings. The maximum atomic E-state index is 6.28. The van der Waals surface area contributed by atoms with Gasteiger partial charge in [-0.05, 0) is 18.8 Å². The van der Waals surface area contributed by atoms with E-state index in [4.69, 9.17) is 5.73 Å². The van der Waals surface area contributed by atoms with E-state index in [2.05, 4.69) is 28.6 Å². The van der Waals surface area contributed by atoms with Gasteiger partial charge in [-0.1, -0.05) is 39.5 Å². The Kier molecular flexibility index (Phi) is 4.15. The lowest BCUT2D eigenvalue weighted by Gasteiger charge is -2.26. The van der Waals surface area contributed by atoms with Crippen LogP contribution in [-0.2, 0) is 0 Å². The van der Waals surface area contributed by atoms with Gasteiger partial charge in [-0.3, -0.25) is 0 Å². The molecule has 1 aliphatic carbocycles. The lowest BCUT2D eigenvalue weighted by molar-refractivity contribution is 0.327. The lowest BCUT2D eigenvalue weighted by atomic mass is 9.94. The van der Waals surface area contributed by atoms with E-state index in [9.17, 15) is 0 Å². The van der Waals surface area contributed by atoms with Crippen molar-refractivity contribution in [3.8, 4) is 0 Å². The number of nitrogens with two attached hydrogens (primary N) is 1. The van der Waals surface area contributed by atoms with Crippen LogP contribution in [0.4, 0.5) is 0 Å². The molecule has 1 fully saturated rings. The van der Waals surface area contributed by atoms with E-state index in [1.165, 1.54) is 32.1 Å². The van der Waals surface area contributed by atoms with Crippen LogP contribution in [-0.4, -0.2) is 14.8 Å².